The molecule has 1 saturated heterocycles. The van der Waals surface area contributed by atoms with E-state index in [0.29, 0.717) is 10.9 Å². The van der Waals surface area contributed by atoms with Crippen LogP contribution in [0.15, 0.2) is 36.7 Å². The Morgan fingerprint density at radius 2 is 1.90 bits per heavy atom. The Morgan fingerprint density at radius 3 is 2.67 bits per heavy atom. The predicted octanol–water partition coefficient (Wildman–Crippen LogP) is 3.64. The molecular weight excluding hydrogens is 286 g/mol. The molecule has 0 radical (unpaired) electrons. The fraction of sp³-hybridized carbons (Fsp3) is 0.375. The molecule has 0 unspecified atom stereocenters. The predicted molar refractivity (Wildman–Crippen MR) is 84.5 cm³/mol. The summed E-state index contributed by atoms with van der Waals surface area (Å²) in [7, 11) is 0. The van der Waals surface area contributed by atoms with Crippen LogP contribution in [-0.2, 0) is 4.74 Å². The first-order valence-electron chi connectivity index (χ1n) is 7.21. The summed E-state index contributed by atoms with van der Waals surface area (Å²) in [4.78, 5) is 8.65. The smallest absolute Gasteiger partial charge is 0.145 e. The summed E-state index contributed by atoms with van der Waals surface area (Å²) in [5, 5.41) is 4.03. The Balaban J connectivity index is 1.72. The van der Waals surface area contributed by atoms with Crippen molar-refractivity contribution in [3.63, 3.8) is 0 Å². The Morgan fingerprint density at radius 1 is 1.14 bits per heavy atom. The van der Waals surface area contributed by atoms with Gasteiger partial charge in [0.15, 0.2) is 0 Å². The normalized spacial score (nSPS) is 15.9. The van der Waals surface area contributed by atoms with Gasteiger partial charge in [-0.3, -0.25) is 4.98 Å². The Hall–Kier alpha value is -1.65. The lowest BCUT2D eigenvalue weighted by atomic mass is 10.0. The number of nitrogens with one attached hydrogen (secondary N) is 1. The van der Waals surface area contributed by atoms with Crippen molar-refractivity contribution in [2.45, 2.75) is 12.8 Å². The van der Waals surface area contributed by atoms with E-state index in [2.05, 4.69) is 15.3 Å². The Bertz CT molecular complexity index is 585. The minimum atomic E-state index is 0.626. The van der Waals surface area contributed by atoms with E-state index in [0.717, 1.165) is 49.7 Å². The molecule has 0 saturated carbocycles. The van der Waals surface area contributed by atoms with Gasteiger partial charge in [0, 0.05) is 37.7 Å². The van der Waals surface area contributed by atoms with Crippen molar-refractivity contribution in [1.29, 1.82) is 0 Å². The van der Waals surface area contributed by atoms with E-state index < -0.39 is 0 Å². The van der Waals surface area contributed by atoms with Crippen LogP contribution in [0.2, 0.25) is 5.02 Å². The zero-order valence-electron chi connectivity index (χ0n) is 11.8. The van der Waals surface area contributed by atoms with E-state index in [9.17, 15) is 0 Å². The number of hydrogen-bond acceptors (Lipinski definition) is 4. The maximum Gasteiger partial charge on any atom is 0.145 e. The molecule has 110 valence electrons. The van der Waals surface area contributed by atoms with Crippen LogP contribution < -0.4 is 5.32 Å². The Labute approximate surface area is 129 Å². The van der Waals surface area contributed by atoms with Crippen LogP contribution in [0.3, 0.4) is 0 Å². The minimum absolute atomic E-state index is 0.626. The fourth-order valence-electron chi connectivity index (χ4n) is 2.44. The minimum Gasteiger partial charge on any atom is -0.381 e. The van der Waals surface area contributed by atoms with Gasteiger partial charge < -0.3 is 10.1 Å². The van der Waals surface area contributed by atoms with E-state index in [1.54, 1.807) is 12.4 Å². The number of hydrogen-bond donors (Lipinski definition) is 1. The monoisotopic (exact) mass is 303 g/mol. The highest BCUT2D eigenvalue weighted by Crippen LogP contribution is 2.25. The van der Waals surface area contributed by atoms with Crippen LogP contribution in [0.1, 0.15) is 12.8 Å². The summed E-state index contributed by atoms with van der Waals surface area (Å²) < 4.78 is 5.38. The molecule has 5 heteroatoms. The van der Waals surface area contributed by atoms with Crippen molar-refractivity contribution >= 4 is 17.4 Å². The summed E-state index contributed by atoms with van der Waals surface area (Å²) in [6.07, 6.45) is 5.71. The van der Waals surface area contributed by atoms with E-state index in [4.69, 9.17) is 16.3 Å². The van der Waals surface area contributed by atoms with Crippen molar-refractivity contribution in [2.24, 2.45) is 5.92 Å². The summed E-state index contributed by atoms with van der Waals surface area (Å²) in [6, 6.07) is 7.70. The second-order valence-corrected chi connectivity index (χ2v) is 5.61. The third kappa shape index (κ3) is 3.71. The van der Waals surface area contributed by atoms with Gasteiger partial charge in [0.25, 0.3) is 0 Å². The van der Waals surface area contributed by atoms with Crippen LogP contribution in [0.5, 0.6) is 0 Å². The maximum atomic E-state index is 6.24. The number of aromatic nitrogens is 2. The average molecular weight is 304 g/mol. The number of ether oxygens (including phenoxy) is 1. The lowest BCUT2D eigenvalue weighted by Gasteiger charge is -2.22. The van der Waals surface area contributed by atoms with E-state index in [1.165, 1.54) is 0 Å². The largest absolute Gasteiger partial charge is 0.381 e. The van der Waals surface area contributed by atoms with Gasteiger partial charge in [0.1, 0.15) is 5.82 Å². The quantitative estimate of drug-likeness (QED) is 0.937. The molecule has 1 aliphatic heterocycles. The van der Waals surface area contributed by atoms with Gasteiger partial charge in [0.2, 0.25) is 0 Å². The molecule has 3 rings (SSSR count). The van der Waals surface area contributed by atoms with Gasteiger partial charge in [0.05, 0.1) is 10.7 Å². The first kappa shape index (κ1) is 14.3. The highest BCUT2D eigenvalue weighted by molar-refractivity contribution is 6.32. The second-order valence-electron chi connectivity index (χ2n) is 5.20. The van der Waals surface area contributed by atoms with E-state index >= 15 is 0 Å². The van der Waals surface area contributed by atoms with Crippen LogP contribution >= 0.6 is 11.6 Å². The first-order chi connectivity index (χ1) is 10.3. The van der Waals surface area contributed by atoms with Crippen molar-refractivity contribution in [3.8, 4) is 11.3 Å². The number of halogens is 1. The lowest BCUT2D eigenvalue weighted by Crippen LogP contribution is -2.23. The third-order valence-corrected chi connectivity index (χ3v) is 4.03. The highest BCUT2D eigenvalue weighted by Gasteiger charge is 2.14. The van der Waals surface area contributed by atoms with Gasteiger partial charge in [-0.25, -0.2) is 4.98 Å². The molecule has 4 nitrogen and oxygen atoms in total. The number of anilines is 1. The van der Waals surface area contributed by atoms with Gasteiger partial charge in [-0.05, 0) is 43.0 Å². The van der Waals surface area contributed by atoms with Gasteiger partial charge in [-0.2, -0.15) is 0 Å². The van der Waals surface area contributed by atoms with Gasteiger partial charge >= 0.3 is 0 Å². The topological polar surface area (TPSA) is 47.0 Å². The molecule has 3 heterocycles. The Kier molecular flexibility index (Phi) is 4.68. The van der Waals surface area contributed by atoms with Crippen molar-refractivity contribution in [1.82, 2.24) is 9.97 Å². The molecule has 1 fully saturated rings. The molecule has 2 aromatic rings. The van der Waals surface area contributed by atoms with Gasteiger partial charge in [-0.15, -0.1) is 0 Å². The molecule has 0 aliphatic carbocycles. The summed E-state index contributed by atoms with van der Waals surface area (Å²) >= 11 is 6.24. The van der Waals surface area contributed by atoms with Crippen LogP contribution in [0, 0.1) is 5.92 Å². The molecule has 0 atom stereocenters. The van der Waals surface area contributed by atoms with E-state index in [1.807, 2.05) is 24.3 Å². The number of pyridine rings is 2. The SMILES string of the molecule is Clc1ccc(-c2ccncc2)nc1NCC1CCOCC1. The standard InChI is InChI=1S/C16H18ClN3O/c17-14-1-2-15(13-3-7-18-8-4-13)20-16(14)19-11-12-5-9-21-10-6-12/h1-4,7-8,12H,5-6,9-11H2,(H,19,20). The van der Waals surface area contributed by atoms with E-state index in [-0.39, 0.29) is 0 Å². The highest BCUT2D eigenvalue weighted by atomic mass is 35.5. The molecule has 1 aliphatic rings. The first-order valence-corrected chi connectivity index (χ1v) is 7.59. The van der Waals surface area contributed by atoms with Crippen molar-refractivity contribution < 1.29 is 4.74 Å². The molecule has 0 bridgehead atoms. The molecule has 0 aromatic carbocycles. The number of nitrogens with zero attached hydrogens (tertiary/aromatic N) is 2. The second kappa shape index (κ2) is 6.87. The summed E-state index contributed by atoms with van der Waals surface area (Å²) in [6.45, 7) is 2.59. The third-order valence-electron chi connectivity index (χ3n) is 3.72. The molecule has 0 amide bonds. The van der Waals surface area contributed by atoms with Crippen LogP contribution in [0.25, 0.3) is 11.3 Å². The zero-order valence-corrected chi connectivity index (χ0v) is 12.5. The summed E-state index contributed by atoms with van der Waals surface area (Å²) in [5.74, 6) is 1.37. The molecule has 2 aromatic heterocycles. The number of rotatable bonds is 4. The molecular formula is C16H18ClN3O. The molecule has 0 spiro atoms. The lowest BCUT2D eigenvalue weighted by molar-refractivity contribution is 0.0699. The fourth-order valence-corrected chi connectivity index (χ4v) is 2.61. The molecule has 21 heavy (non-hydrogen) atoms. The summed E-state index contributed by atoms with van der Waals surface area (Å²) in [5.41, 5.74) is 1.94. The van der Waals surface area contributed by atoms with Gasteiger partial charge in [-0.1, -0.05) is 11.6 Å². The maximum absolute atomic E-state index is 6.24. The van der Waals surface area contributed by atoms with Crippen molar-refractivity contribution in [2.75, 3.05) is 25.1 Å². The average Bonchev–Trinajstić information content (AvgIpc) is 2.56. The van der Waals surface area contributed by atoms with Crippen LogP contribution in [0.4, 0.5) is 5.82 Å². The molecule has 1 N–H and O–H groups in total. The van der Waals surface area contributed by atoms with Crippen molar-refractivity contribution in [3.05, 3.63) is 41.7 Å². The zero-order chi connectivity index (χ0) is 14.5. The van der Waals surface area contributed by atoms with Crippen LogP contribution in [-0.4, -0.2) is 29.7 Å².